The summed E-state index contributed by atoms with van der Waals surface area (Å²) in [6, 6.07) is 4.71. The molecule has 0 spiro atoms. The second-order valence-electron chi connectivity index (χ2n) is 6.39. The van der Waals surface area contributed by atoms with E-state index < -0.39 is 0 Å². The van der Waals surface area contributed by atoms with Gasteiger partial charge in [0.1, 0.15) is 5.82 Å². The smallest absolute Gasteiger partial charge is 0.124 e. The van der Waals surface area contributed by atoms with Crippen LogP contribution in [-0.4, -0.2) is 55.7 Å². The predicted octanol–water partition coefficient (Wildman–Crippen LogP) is 3.02. The summed E-state index contributed by atoms with van der Waals surface area (Å²) in [5, 5.41) is 0.537. The predicted molar refractivity (Wildman–Crippen MR) is 86.7 cm³/mol. The quantitative estimate of drug-likeness (QED) is 0.846. The summed E-state index contributed by atoms with van der Waals surface area (Å²) in [5.41, 5.74) is 1.02. The molecule has 0 aromatic heterocycles. The molecule has 1 aromatic rings. The van der Waals surface area contributed by atoms with Gasteiger partial charge in [-0.05, 0) is 43.0 Å². The fourth-order valence-corrected chi connectivity index (χ4v) is 3.71. The van der Waals surface area contributed by atoms with Crippen LogP contribution in [0.3, 0.4) is 0 Å². The first-order valence-electron chi connectivity index (χ1n) is 8.17. The van der Waals surface area contributed by atoms with E-state index in [1.165, 1.54) is 25.0 Å². The molecule has 2 fully saturated rings. The van der Waals surface area contributed by atoms with Gasteiger partial charge < -0.3 is 4.74 Å². The Morgan fingerprint density at radius 1 is 1.18 bits per heavy atom. The number of benzene rings is 1. The molecule has 3 nitrogen and oxygen atoms in total. The maximum Gasteiger partial charge on any atom is 0.124 e. The van der Waals surface area contributed by atoms with Gasteiger partial charge in [-0.3, -0.25) is 9.80 Å². The van der Waals surface area contributed by atoms with Crippen LogP contribution < -0.4 is 0 Å². The first-order chi connectivity index (χ1) is 10.7. The normalized spacial score (nSPS) is 24.5. The lowest BCUT2D eigenvalue weighted by atomic mass is 9.96. The summed E-state index contributed by atoms with van der Waals surface area (Å²) >= 11 is 6.15. The third-order valence-electron chi connectivity index (χ3n) is 4.63. The molecule has 2 aliphatic rings. The number of morpholine rings is 1. The zero-order valence-corrected chi connectivity index (χ0v) is 13.7. The van der Waals surface area contributed by atoms with E-state index in [2.05, 4.69) is 9.80 Å². The Bertz CT molecular complexity index is 494. The molecule has 1 aromatic carbocycles. The van der Waals surface area contributed by atoms with Gasteiger partial charge in [0.25, 0.3) is 0 Å². The minimum Gasteiger partial charge on any atom is -0.379 e. The average Bonchev–Trinajstić information content (AvgIpc) is 2.52. The molecule has 2 heterocycles. The van der Waals surface area contributed by atoms with E-state index in [1.54, 1.807) is 0 Å². The standard InChI is InChI=1S/C17H24ClFN2O/c18-17-10-16(19)4-3-15(17)13-21-5-1-2-14(12-21)11-20-6-8-22-9-7-20/h3-4,10,14H,1-2,5-9,11-13H2/t14-/m1/s1. The number of nitrogens with zero attached hydrogens (tertiary/aromatic N) is 2. The summed E-state index contributed by atoms with van der Waals surface area (Å²) in [6.07, 6.45) is 2.53. The highest BCUT2D eigenvalue weighted by Crippen LogP contribution is 2.23. The van der Waals surface area contributed by atoms with Gasteiger partial charge in [-0.25, -0.2) is 4.39 Å². The van der Waals surface area contributed by atoms with Gasteiger partial charge >= 0.3 is 0 Å². The second kappa shape index (κ2) is 7.73. The molecular formula is C17H24ClFN2O. The molecule has 0 radical (unpaired) electrons. The molecule has 0 N–H and O–H groups in total. The monoisotopic (exact) mass is 326 g/mol. The van der Waals surface area contributed by atoms with Gasteiger partial charge in [0.15, 0.2) is 0 Å². The van der Waals surface area contributed by atoms with Crippen molar-refractivity contribution in [2.24, 2.45) is 5.92 Å². The number of piperidine rings is 1. The summed E-state index contributed by atoms with van der Waals surface area (Å²) < 4.78 is 18.5. The van der Waals surface area contributed by atoms with Gasteiger partial charge in [0.2, 0.25) is 0 Å². The molecular weight excluding hydrogens is 303 g/mol. The molecule has 0 amide bonds. The van der Waals surface area contributed by atoms with Crippen molar-refractivity contribution in [1.82, 2.24) is 9.80 Å². The van der Waals surface area contributed by atoms with E-state index in [9.17, 15) is 4.39 Å². The number of hydrogen-bond donors (Lipinski definition) is 0. The first-order valence-corrected chi connectivity index (χ1v) is 8.55. The Balaban J connectivity index is 1.53. The maximum atomic E-state index is 13.1. The van der Waals surface area contributed by atoms with Gasteiger partial charge in [0, 0.05) is 37.7 Å². The van der Waals surface area contributed by atoms with E-state index in [1.807, 2.05) is 6.07 Å². The molecule has 0 bridgehead atoms. The number of ether oxygens (including phenoxy) is 1. The zero-order valence-electron chi connectivity index (χ0n) is 12.9. The fourth-order valence-electron chi connectivity index (χ4n) is 3.48. The third kappa shape index (κ3) is 4.42. The molecule has 3 rings (SSSR count). The second-order valence-corrected chi connectivity index (χ2v) is 6.80. The molecule has 22 heavy (non-hydrogen) atoms. The van der Waals surface area contributed by atoms with Crippen LogP contribution in [0.15, 0.2) is 18.2 Å². The third-order valence-corrected chi connectivity index (χ3v) is 4.98. The van der Waals surface area contributed by atoms with E-state index >= 15 is 0 Å². The SMILES string of the molecule is Fc1ccc(CN2CCC[C@H](CN3CCOCC3)C2)c(Cl)c1. The molecule has 1 atom stereocenters. The average molecular weight is 327 g/mol. The molecule has 0 aliphatic carbocycles. The van der Waals surface area contributed by atoms with E-state index in [4.69, 9.17) is 16.3 Å². The number of likely N-dealkylation sites (tertiary alicyclic amines) is 1. The minimum atomic E-state index is -0.266. The van der Waals surface area contributed by atoms with Crippen LogP contribution in [0.2, 0.25) is 5.02 Å². The summed E-state index contributed by atoms with van der Waals surface area (Å²) in [6.45, 7) is 8.03. The van der Waals surface area contributed by atoms with Gasteiger partial charge in [0.05, 0.1) is 13.2 Å². The lowest BCUT2D eigenvalue weighted by Gasteiger charge is -2.36. The van der Waals surface area contributed by atoms with Crippen molar-refractivity contribution in [3.8, 4) is 0 Å². The molecule has 2 saturated heterocycles. The van der Waals surface area contributed by atoms with E-state index in [0.717, 1.165) is 58.0 Å². The Kier molecular flexibility index (Phi) is 5.69. The maximum absolute atomic E-state index is 13.1. The number of halogens is 2. The van der Waals surface area contributed by atoms with E-state index in [0.29, 0.717) is 10.9 Å². The van der Waals surface area contributed by atoms with Crippen molar-refractivity contribution in [2.75, 3.05) is 45.9 Å². The first kappa shape index (κ1) is 16.2. The number of hydrogen-bond acceptors (Lipinski definition) is 3. The molecule has 122 valence electrons. The largest absolute Gasteiger partial charge is 0.379 e. The van der Waals surface area contributed by atoms with Gasteiger partial charge in [-0.15, -0.1) is 0 Å². The highest BCUT2D eigenvalue weighted by molar-refractivity contribution is 6.31. The molecule has 5 heteroatoms. The Morgan fingerprint density at radius 3 is 2.77 bits per heavy atom. The summed E-state index contributed by atoms with van der Waals surface area (Å²) in [4.78, 5) is 4.97. The van der Waals surface area contributed by atoms with Crippen LogP contribution in [0.25, 0.3) is 0 Å². The van der Waals surface area contributed by atoms with Crippen molar-refractivity contribution in [3.63, 3.8) is 0 Å². The van der Waals surface area contributed by atoms with Crippen molar-refractivity contribution >= 4 is 11.6 Å². The van der Waals surface area contributed by atoms with Gasteiger partial charge in [-0.1, -0.05) is 17.7 Å². The lowest BCUT2D eigenvalue weighted by molar-refractivity contribution is 0.0224. The Morgan fingerprint density at radius 2 is 2.00 bits per heavy atom. The van der Waals surface area contributed by atoms with Crippen LogP contribution in [0, 0.1) is 11.7 Å². The molecule has 2 aliphatic heterocycles. The van der Waals surface area contributed by atoms with Gasteiger partial charge in [-0.2, -0.15) is 0 Å². The summed E-state index contributed by atoms with van der Waals surface area (Å²) in [5.74, 6) is 0.448. The topological polar surface area (TPSA) is 15.7 Å². The van der Waals surface area contributed by atoms with Crippen molar-refractivity contribution in [2.45, 2.75) is 19.4 Å². The number of rotatable bonds is 4. The van der Waals surface area contributed by atoms with Crippen LogP contribution in [0.5, 0.6) is 0 Å². The van der Waals surface area contributed by atoms with Crippen molar-refractivity contribution in [1.29, 1.82) is 0 Å². The summed E-state index contributed by atoms with van der Waals surface area (Å²) in [7, 11) is 0. The van der Waals surface area contributed by atoms with E-state index in [-0.39, 0.29) is 5.82 Å². The van der Waals surface area contributed by atoms with Crippen molar-refractivity contribution < 1.29 is 9.13 Å². The van der Waals surface area contributed by atoms with Crippen LogP contribution in [0.4, 0.5) is 4.39 Å². The van der Waals surface area contributed by atoms with Crippen molar-refractivity contribution in [3.05, 3.63) is 34.6 Å². The highest BCUT2D eigenvalue weighted by Gasteiger charge is 2.23. The molecule has 0 unspecified atom stereocenters. The Labute approximate surface area is 137 Å². The lowest BCUT2D eigenvalue weighted by Crippen LogP contribution is -2.44. The van der Waals surface area contributed by atoms with Crippen LogP contribution in [0.1, 0.15) is 18.4 Å². The fraction of sp³-hybridized carbons (Fsp3) is 0.647. The highest BCUT2D eigenvalue weighted by atomic mass is 35.5. The molecule has 0 saturated carbocycles. The Hall–Kier alpha value is -0.680. The minimum absolute atomic E-state index is 0.266. The van der Waals surface area contributed by atoms with Crippen LogP contribution in [-0.2, 0) is 11.3 Å². The zero-order chi connectivity index (χ0) is 15.4. The van der Waals surface area contributed by atoms with Crippen LogP contribution >= 0.6 is 11.6 Å².